The van der Waals surface area contributed by atoms with Gasteiger partial charge in [0.1, 0.15) is 0 Å². The zero-order valence-corrected chi connectivity index (χ0v) is 9.98. The molecule has 1 aromatic rings. The van der Waals surface area contributed by atoms with Gasteiger partial charge in [-0.1, -0.05) is 12.1 Å². The van der Waals surface area contributed by atoms with Gasteiger partial charge in [-0.2, -0.15) is 0 Å². The van der Waals surface area contributed by atoms with Gasteiger partial charge in [0.25, 0.3) is 5.91 Å². The smallest absolute Gasteiger partial charge is 0.253 e. The van der Waals surface area contributed by atoms with Crippen molar-refractivity contribution in [3.63, 3.8) is 0 Å². The van der Waals surface area contributed by atoms with E-state index in [0.29, 0.717) is 6.54 Å². The molecule has 0 spiro atoms. The summed E-state index contributed by atoms with van der Waals surface area (Å²) in [6.07, 6.45) is 0.863. The van der Waals surface area contributed by atoms with Crippen molar-refractivity contribution in [1.82, 2.24) is 10.2 Å². The molecule has 92 valence electrons. The molecular weight excluding hydrogens is 214 g/mol. The average molecular weight is 233 g/mol. The normalized spacial score (nSPS) is 15.9. The molecule has 4 heteroatoms. The van der Waals surface area contributed by atoms with Gasteiger partial charge in [-0.3, -0.25) is 4.79 Å². The minimum atomic E-state index is 0.130. The molecule has 1 saturated heterocycles. The van der Waals surface area contributed by atoms with Gasteiger partial charge < -0.3 is 16.0 Å². The summed E-state index contributed by atoms with van der Waals surface area (Å²) in [4.78, 5) is 14.0. The van der Waals surface area contributed by atoms with E-state index in [0.717, 1.165) is 38.2 Å². The van der Waals surface area contributed by atoms with Crippen molar-refractivity contribution in [2.24, 2.45) is 5.73 Å². The number of nitrogens with two attached hydrogens (primary N) is 1. The van der Waals surface area contributed by atoms with E-state index in [1.165, 1.54) is 5.56 Å². The second-order valence-corrected chi connectivity index (χ2v) is 4.28. The van der Waals surface area contributed by atoms with Crippen molar-refractivity contribution in [3.8, 4) is 0 Å². The van der Waals surface area contributed by atoms with Crippen molar-refractivity contribution in [2.75, 3.05) is 32.7 Å². The number of nitrogens with zero attached hydrogens (tertiary/aromatic N) is 1. The van der Waals surface area contributed by atoms with E-state index in [2.05, 4.69) is 5.32 Å². The maximum absolute atomic E-state index is 12.1. The van der Waals surface area contributed by atoms with Crippen LogP contribution in [0.15, 0.2) is 24.3 Å². The maximum Gasteiger partial charge on any atom is 0.253 e. The van der Waals surface area contributed by atoms with Gasteiger partial charge in [-0.05, 0) is 30.7 Å². The summed E-state index contributed by atoms with van der Waals surface area (Å²) in [5.74, 6) is 0.130. The van der Waals surface area contributed by atoms with E-state index in [1.54, 1.807) is 0 Å². The van der Waals surface area contributed by atoms with Crippen molar-refractivity contribution < 1.29 is 4.79 Å². The second-order valence-electron chi connectivity index (χ2n) is 4.28. The molecule has 0 bridgehead atoms. The van der Waals surface area contributed by atoms with Gasteiger partial charge in [0.05, 0.1) is 0 Å². The van der Waals surface area contributed by atoms with Crippen LogP contribution in [0.2, 0.25) is 0 Å². The summed E-state index contributed by atoms with van der Waals surface area (Å²) >= 11 is 0. The lowest BCUT2D eigenvalue weighted by Gasteiger charge is -2.27. The van der Waals surface area contributed by atoms with Crippen LogP contribution in [-0.2, 0) is 6.42 Å². The molecule has 1 aliphatic rings. The first-order valence-corrected chi connectivity index (χ1v) is 6.10. The van der Waals surface area contributed by atoms with Crippen LogP contribution < -0.4 is 11.1 Å². The van der Waals surface area contributed by atoms with E-state index in [1.807, 2.05) is 29.2 Å². The third-order valence-electron chi connectivity index (χ3n) is 3.04. The van der Waals surface area contributed by atoms with Gasteiger partial charge >= 0.3 is 0 Å². The van der Waals surface area contributed by atoms with E-state index >= 15 is 0 Å². The monoisotopic (exact) mass is 233 g/mol. The van der Waals surface area contributed by atoms with Crippen molar-refractivity contribution >= 4 is 5.91 Å². The number of piperazine rings is 1. The molecule has 1 heterocycles. The minimum absolute atomic E-state index is 0.130. The minimum Gasteiger partial charge on any atom is -0.336 e. The van der Waals surface area contributed by atoms with E-state index in [4.69, 9.17) is 5.73 Å². The first-order chi connectivity index (χ1) is 8.31. The van der Waals surface area contributed by atoms with E-state index in [9.17, 15) is 4.79 Å². The number of hydrogen-bond donors (Lipinski definition) is 2. The highest BCUT2D eigenvalue weighted by molar-refractivity contribution is 5.94. The molecule has 17 heavy (non-hydrogen) atoms. The summed E-state index contributed by atoms with van der Waals surface area (Å²) in [6, 6.07) is 7.77. The van der Waals surface area contributed by atoms with Crippen LogP contribution in [0, 0.1) is 0 Å². The Hall–Kier alpha value is -1.39. The Morgan fingerprint density at radius 1 is 1.24 bits per heavy atom. The molecule has 0 aliphatic carbocycles. The molecule has 3 N–H and O–H groups in total. The van der Waals surface area contributed by atoms with Gasteiger partial charge in [-0.15, -0.1) is 0 Å². The average Bonchev–Trinajstić information content (AvgIpc) is 2.40. The third kappa shape index (κ3) is 3.05. The summed E-state index contributed by atoms with van der Waals surface area (Å²) in [5.41, 5.74) is 7.45. The lowest BCUT2D eigenvalue weighted by molar-refractivity contribution is 0.0736. The van der Waals surface area contributed by atoms with Crippen LogP contribution >= 0.6 is 0 Å². The number of hydrogen-bond acceptors (Lipinski definition) is 3. The highest BCUT2D eigenvalue weighted by atomic mass is 16.2. The fourth-order valence-electron chi connectivity index (χ4n) is 2.03. The molecule has 0 saturated carbocycles. The van der Waals surface area contributed by atoms with Crippen molar-refractivity contribution in [3.05, 3.63) is 35.4 Å². The van der Waals surface area contributed by atoms with Gasteiger partial charge in [0, 0.05) is 31.7 Å². The summed E-state index contributed by atoms with van der Waals surface area (Å²) in [6.45, 7) is 4.01. The molecule has 1 amide bonds. The summed E-state index contributed by atoms with van der Waals surface area (Å²) in [7, 11) is 0. The standard InChI is InChI=1S/C13H19N3O/c14-6-5-11-1-3-12(4-2-11)13(17)16-9-7-15-8-10-16/h1-4,15H,5-10,14H2. The number of nitrogens with one attached hydrogen (secondary N) is 1. The molecule has 0 radical (unpaired) electrons. The molecule has 0 atom stereocenters. The molecule has 1 fully saturated rings. The number of benzene rings is 1. The van der Waals surface area contributed by atoms with Crippen LogP contribution in [0.25, 0.3) is 0 Å². The zero-order valence-electron chi connectivity index (χ0n) is 9.98. The highest BCUT2D eigenvalue weighted by Crippen LogP contribution is 2.08. The van der Waals surface area contributed by atoms with Crippen LogP contribution in [0.3, 0.4) is 0 Å². The number of carbonyl (C=O) groups excluding carboxylic acids is 1. The van der Waals surface area contributed by atoms with Gasteiger partial charge in [-0.25, -0.2) is 0 Å². The maximum atomic E-state index is 12.1. The van der Waals surface area contributed by atoms with E-state index < -0.39 is 0 Å². The van der Waals surface area contributed by atoms with Crippen molar-refractivity contribution in [2.45, 2.75) is 6.42 Å². The Balaban J connectivity index is 2.03. The quantitative estimate of drug-likeness (QED) is 0.786. The Bertz CT molecular complexity index is 369. The zero-order chi connectivity index (χ0) is 12.1. The molecule has 0 aromatic heterocycles. The largest absolute Gasteiger partial charge is 0.336 e. The molecule has 0 unspecified atom stereocenters. The van der Waals surface area contributed by atoms with Crippen LogP contribution in [0.5, 0.6) is 0 Å². The predicted octanol–water partition coefficient (Wildman–Crippen LogP) is 0.233. The lowest BCUT2D eigenvalue weighted by atomic mass is 10.1. The number of rotatable bonds is 3. The first kappa shape index (κ1) is 12.1. The van der Waals surface area contributed by atoms with Crippen LogP contribution in [0.1, 0.15) is 15.9 Å². The lowest BCUT2D eigenvalue weighted by Crippen LogP contribution is -2.46. The summed E-state index contributed by atoms with van der Waals surface area (Å²) < 4.78 is 0. The first-order valence-electron chi connectivity index (χ1n) is 6.10. The fourth-order valence-corrected chi connectivity index (χ4v) is 2.03. The fraction of sp³-hybridized carbons (Fsp3) is 0.462. The Kier molecular flexibility index (Phi) is 4.12. The summed E-state index contributed by atoms with van der Waals surface area (Å²) in [5, 5.41) is 3.24. The molecular formula is C13H19N3O. The van der Waals surface area contributed by atoms with Crippen LogP contribution in [-0.4, -0.2) is 43.5 Å². The SMILES string of the molecule is NCCc1ccc(C(=O)N2CCNCC2)cc1. The third-order valence-corrected chi connectivity index (χ3v) is 3.04. The number of carbonyl (C=O) groups is 1. The molecule has 1 aliphatic heterocycles. The Morgan fingerprint density at radius 2 is 1.88 bits per heavy atom. The molecule has 2 rings (SSSR count). The molecule has 1 aromatic carbocycles. The van der Waals surface area contributed by atoms with E-state index in [-0.39, 0.29) is 5.91 Å². The highest BCUT2D eigenvalue weighted by Gasteiger charge is 2.17. The predicted molar refractivity (Wildman–Crippen MR) is 68.0 cm³/mol. The second kappa shape index (κ2) is 5.80. The van der Waals surface area contributed by atoms with Crippen molar-refractivity contribution in [1.29, 1.82) is 0 Å². The van der Waals surface area contributed by atoms with Gasteiger partial charge in [0.2, 0.25) is 0 Å². The van der Waals surface area contributed by atoms with Crippen LogP contribution in [0.4, 0.5) is 0 Å². The number of amides is 1. The topological polar surface area (TPSA) is 58.4 Å². The molecule has 4 nitrogen and oxygen atoms in total. The Labute approximate surface area is 102 Å². The Morgan fingerprint density at radius 3 is 2.47 bits per heavy atom. The van der Waals surface area contributed by atoms with Gasteiger partial charge in [0.15, 0.2) is 0 Å².